The number of hydrogen-bond donors (Lipinski definition) is 0. The molecule has 0 unspecified atom stereocenters. The number of likely N-dealkylation sites (tertiary alicyclic amines) is 2. The fourth-order valence-corrected chi connectivity index (χ4v) is 4.75. The minimum absolute atomic E-state index is 0.0419. The number of ether oxygens (including phenoxy) is 2. The van der Waals surface area contributed by atoms with Crippen LogP contribution in [0, 0.1) is 5.41 Å². The Kier molecular flexibility index (Phi) is 4.81. The van der Waals surface area contributed by atoms with Gasteiger partial charge >= 0.3 is 0 Å². The summed E-state index contributed by atoms with van der Waals surface area (Å²) in [5, 5.41) is 0. The van der Waals surface area contributed by atoms with Crippen LogP contribution in [0.1, 0.15) is 35.2 Å². The van der Waals surface area contributed by atoms with Gasteiger partial charge in [-0.3, -0.25) is 14.6 Å². The molecule has 2 amide bonds. The van der Waals surface area contributed by atoms with Gasteiger partial charge in [-0.2, -0.15) is 0 Å². The van der Waals surface area contributed by atoms with Crippen LogP contribution in [0.3, 0.4) is 0 Å². The van der Waals surface area contributed by atoms with Gasteiger partial charge in [0.25, 0.3) is 5.91 Å². The lowest BCUT2D eigenvalue weighted by molar-refractivity contribution is -0.132. The van der Waals surface area contributed by atoms with Crippen LogP contribution in [-0.4, -0.2) is 59.6 Å². The second kappa shape index (κ2) is 7.63. The number of hydrogen-bond acceptors (Lipinski definition) is 5. The molecule has 4 heterocycles. The maximum atomic E-state index is 13.0. The fourth-order valence-electron chi connectivity index (χ4n) is 4.75. The van der Waals surface area contributed by atoms with E-state index < -0.39 is 0 Å². The summed E-state index contributed by atoms with van der Waals surface area (Å²) in [5.41, 5.74) is 1.71. The van der Waals surface area contributed by atoms with Gasteiger partial charge in [-0.05, 0) is 54.5 Å². The number of benzene rings is 1. The van der Waals surface area contributed by atoms with E-state index in [2.05, 4.69) is 4.98 Å². The number of fused-ring (bicyclic) bond motifs is 1. The maximum Gasteiger partial charge on any atom is 0.254 e. The van der Waals surface area contributed by atoms with Crippen molar-refractivity contribution >= 4 is 11.8 Å². The second-order valence-corrected chi connectivity index (χ2v) is 8.46. The number of rotatable bonds is 3. The van der Waals surface area contributed by atoms with Crippen LogP contribution in [0.25, 0.3) is 0 Å². The molecule has 1 spiro atoms. The van der Waals surface area contributed by atoms with Gasteiger partial charge in [0.2, 0.25) is 12.7 Å². The summed E-state index contributed by atoms with van der Waals surface area (Å²) in [4.78, 5) is 33.6. The summed E-state index contributed by atoms with van der Waals surface area (Å²) in [6.07, 6.45) is 6.74. The molecule has 2 aromatic rings. The maximum absolute atomic E-state index is 13.0. The van der Waals surface area contributed by atoms with Crippen LogP contribution in [0.15, 0.2) is 42.7 Å². The predicted octanol–water partition coefficient (Wildman–Crippen LogP) is 2.51. The molecule has 2 saturated heterocycles. The molecule has 7 heteroatoms. The largest absolute Gasteiger partial charge is 0.454 e. The van der Waals surface area contributed by atoms with E-state index in [1.807, 2.05) is 21.9 Å². The van der Waals surface area contributed by atoms with E-state index in [0.29, 0.717) is 23.5 Å². The molecule has 1 aromatic carbocycles. The van der Waals surface area contributed by atoms with Crippen LogP contribution in [0.4, 0.5) is 0 Å². The Morgan fingerprint density at radius 1 is 1.00 bits per heavy atom. The average molecular weight is 407 g/mol. The number of amides is 2. The average Bonchev–Trinajstić information content (AvgIpc) is 3.41. The molecular formula is C23H25N3O4. The molecule has 0 bridgehead atoms. The Hall–Kier alpha value is -3.09. The predicted molar refractivity (Wildman–Crippen MR) is 109 cm³/mol. The smallest absolute Gasteiger partial charge is 0.254 e. The van der Waals surface area contributed by atoms with Crippen LogP contribution in [0.2, 0.25) is 0 Å². The monoisotopic (exact) mass is 407 g/mol. The first-order chi connectivity index (χ1) is 14.6. The molecule has 3 aliphatic rings. The van der Waals surface area contributed by atoms with E-state index in [9.17, 15) is 9.59 Å². The quantitative estimate of drug-likeness (QED) is 0.782. The third kappa shape index (κ3) is 3.60. The van der Waals surface area contributed by atoms with E-state index in [1.165, 1.54) is 0 Å². The molecular weight excluding hydrogens is 382 g/mol. The van der Waals surface area contributed by atoms with Gasteiger partial charge in [0, 0.05) is 44.1 Å². The van der Waals surface area contributed by atoms with E-state index in [4.69, 9.17) is 9.47 Å². The third-order valence-electron chi connectivity index (χ3n) is 6.60. The zero-order valence-electron chi connectivity index (χ0n) is 16.9. The van der Waals surface area contributed by atoms with Crippen molar-refractivity contribution < 1.29 is 19.1 Å². The molecule has 0 N–H and O–H groups in total. The summed E-state index contributed by atoms with van der Waals surface area (Å²) in [5.74, 6) is 1.52. The summed E-state index contributed by atoms with van der Waals surface area (Å²) in [6.45, 7) is 3.23. The number of nitrogens with zero attached hydrogens (tertiary/aromatic N) is 3. The lowest BCUT2D eigenvalue weighted by Crippen LogP contribution is -2.45. The highest BCUT2D eigenvalue weighted by atomic mass is 16.7. The first-order valence-electron chi connectivity index (χ1n) is 10.5. The third-order valence-corrected chi connectivity index (χ3v) is 6.60. The lowest BCUT2D eigenvalue weighted by atomic mass is 9.77. The van der Waals surface area contributed by atoms with Crippen LogP contribution >= 0.6 is 0 Å². The molecule has 0 saturated carbocycles. The van der Waals surface area contributed by atoms with E-state index in [1.54, 1.807) is 30.6 Å². The molecule has 156 valence electrons. The van der Waals surface area contributed by atoms with Crippen LogP contribution in [0.5, 0.6) is 11.5 Å². The Morgan fingerprint density at radius 2 is 1.77 bits per heavy atom. The highest BCUT2D eigenvalue weighted by Crippen LogP contribution is 2.41. The molecule has 0 aliphatic carbocycles. The van der Waals surface area contributed by atoms with E-state index in [0.717, 1.165) is 51.0 Å². The van der Waals surface area contributed by atoms with Crippen molar-refractivity contribution in [2.45, 2.75) is 25.7 Å². The summed E-state index contributed by atoms with van der Waals surface area (Å²) in [7, 11) is 0. The number of carbonyl (C=O) groups is 2. The zero-order chi connectivity index (χ0) is 20.6. The van der Waals surface area contributed by atoms with Crippen molar-refractivity contribution in [2.24, 2.45) is 5.41 Å². The summed E-state index contributed by atoms with van der Waals surface area (Å²) >= 11 is 0. The van der Waals surface area contributed by atoms with Gasteiger partial charge in [-0.25, -0.2) is 0 Å². The molecule has 2 fully saturated rings. The number of pyridine rings is 1. The highest BCUT2D eigenvalue weighted by Gasteiger charge is 2.43. The first kappa shape index (κ1) is 18.9. The number of aromatic nitrogens is 1. The fraction of sp³-hybridized carbons (Fsp3) is 0.435. The molecule has 0 atom stereocenters. The Labute approximate surface area is 175 Å². The first-order valence-corrected chi connectivity index (χ1v) is 10.5. The number of carbonyl (C=O) groups excluding carboxylic acids is 2. The van der Waals surface area contributed by atoms with E-state index in [-0.39, 0.29) is 24.0 Å². The molecule has 7 nitrogen and oxygen atoms in total. The number of piperidine rings is 1. The van der Waals surface area contributed by atoms with Crippen LogP contribution < -0.4 is 9.47 Å². The van der Waals surface area contributed by atoms with Crippen molar-refractivity contribution in [1.82, 2.24) is 14.8 Å². The minimum atomic E-state index is 0.0419. The van der Waals surface area contributed by atoms with Gasteiger partial charge in [0.1, 0.15) is 0 Å². The van der Waals surface area contributed by atoms with Crippen molar-refractivity contribution in [3.63, 3.8) is 0 Å². The Morgan fingerprint density at radius 3 is 2.53 bits per heavy atom. The molecule has 5 rings (SSSR count). The van der Waals surface area contributed by atoms with E-state index >= 15 is 0 Å². The van der Waals surface area contributed by atoms with Crippen molar-refractivity contribution in [3.8, 4) is 11.5 Å². The van der Waals surface area contributed by atoms with Crippen molar-refractivity contribution in [1.29, 1.82) is 0 Å². The Bertz CT molecular complexity index is 954. The SMILES string of the molecule is O=C(Cc1cccnc1)N1CCC2(CC1)CCN(C(=O)c1ccc3c(c1)OCO3)C2. The normalized spacial score (nSPS) is 19.3. The molecule has 0 radical (unpaired) electrons. The van der Waals surface area contributed by atoms with Gasteiger partial charge < -0.3 is 19.3 Å². The summed E-state index contributed by atoms with van der Waals surface area (Å²) in [6, 6.07) is 9.18. The highest BCUT2D eigenvalue weighted by molar-refractivity contribution is 5.95. The van der Waals surface area contributed by atoms with Crippen LogP contribution in [-0.2, 0) is 11.2 Å². The second-order valence-electron chi connectivity index (χ2n) is 8.46. The van der Waals surface area contributed by atoms with Gasteiger partial charge in [0.05, 0.1) is 6.42 Å². The molecule has 30 heavy (non-hydrogen) atoms. The van der Waals surface area contributed by atoms with Crippen molar-refractivity contribution in [2.75, 3.05) is 33.0 Å². The molecule has 3 aliphatic heterocycles. The van der Waals surface area contributed by atoms with Gasteiger partial charge in [-0.1, -0.05) is 6.07 Å². The molecule has 1 aromatic heterocycles. The van der Waals surface area contributed by atoms with Gasteiger partial charge in [-0.15, -0.1) is 0 Å². The standard InChI is InChI=1S/C23H25N3O4/c27-21(12-17-2-1-8-24-14-17)25-9-5-23(6-10-25)7-11-26(15-23)22(28)18-3-4-19-20(13-18)30-16-29-19/h1-4,8,13-14H,5-7,9-12,15-16H2. The van der Waals surface area contributed by atoms with Gasteiger partial charge in [0.15, 0.2) is 11.5 Å². The minimum Gasteiger partial charge on any atom is -0.454 e. The zero-order valence-corrected chi connectivity index (χ0v) is 16.9. The lowest BCUT2D eigenvalue weighted by Gasteiger charge is -2.39. The Balaban J connectivity index is 1.18. The summed E-state index contributed by atoms with van der Waals surface area (Å²) < 4.78 is 10.7. The topological polar surface area (TPSA) is 72.0 Å². The van der Waals surface area contributed by atoms with Crippen molar-refractivity contribution in [3.05, 3.63) is 53.9 Å².